The van der Waals surface area contributed by atoms with Gasteiger partial charge in [0.05, 0.1) is 5.52 Å². The number of benzene rings is 2. The number of piperazine rings is 1. The van der Waals surface area contributed by atoms with E-state index in [0.717, 1.165) is 75.2 Å². The Hall–Kier alpha value is -2.70. The minimum Gasteiger partial charge on any atom is -0.408 e. The number of nitrogens with zero attached hydrogens (tertiary/aromatic N) is 3. The molecule has 33 heavy (non-hydrogen) atoms. The maximum absolute atomic E-state index is 13.1. The molecule has 1 aliphatic heterocycles. The van der Waals surface area contributed by atoms with Gasteiger partial charge in [-0.3, -0.25) is 9.47 Å². The lowest BCUT2D eigenvalue weighted by molar-refractivity contribution is 0.125. The van der Waals surface area contributed by atoms with Crippen molar-refractivity contribution < 1.29 is 8.81 Å². The van der Waals surface area contributed by atoms with E-state index < -0.39 is 0 Å². The lowest BCUT2D eigenvalue weighted by Crippen LogP contribution is -2.46. The predicted molar refractivity (Wildman–Crippen MR) is 132 cm³/mol. The second-order valence-electron chi connectivity index (χ2n) is 8.95. The largest absolute Gasteiger partial charge is 0.419 e. The number of halogens is 1. The van der Waals surface area contributed by atoms with Crippen LogP contribution in [0.5, 0.6) is 0 Å². The van der Waals surface area contributed by atoms with Crippen molar-refractivity contribution in [1.82, 2.24) is 14.4 Å². The van der Waals surface area contributed by atoms with Crippen LogP contribution in [0.25, 0.3) is 16.7 Å². The van der Waals surface area contributed by atoms with Gasteiger partial charge in [0.25, 0.3) is 0 Å². The Morgan fingerprint density at radius 1 is 1.00 bits per heavy atom. The predicted octanol–water partition coefficient (Wildman–Crippen LogP) is 5.14. The Morgan fingerprint density at radius 2 is 1.70 bits per heavy atom. The normalized spacial score (nSPS) is 16.0. The zero-order valence-electron chi connectivity index (χ0n) is 19.7. The highest BCUT2D eigenvalue weighted by Crippen LogP contribution is 2.21. The summed E-state index contributed by atoms with van der Waals surface area (Å²) in [6.07, 6.45) is 5.16. The fourth-order valence-corrected chi connectivity index (χ4v) is 4.57. The Bertz CT molecular complexity index is 1140. The molecule has 0 amide bonds. The molecule has 0 aliphatic carbocycles. The SMILES string of the molecule is CC/C=C(/C)c1ccc2c(c1)oc(=O)n2CCCCN1CCN(Cc2ccc(F)cc2)CC1. The standard InChI is InChI=1S/C27H34FN3O2/c1-3-6-21(2)23-9-12-25-26(19-23)33-27(32)31(25)14-5-4-13-29-15-17-30(18-16-29)20-22-7-10-24(28)11-8-22/h6-12,19H,3-5,13-18,20H2,1-2H3/b21-6-. The summed E-state index contributed by atoms with van der Waals surface area (Å²) in [4.78, 5) is 17.3. The van der Waals surface area contributed by atoms with E-state index in [1.54, 1.807) is 4.57 Å². The van der Waals surface area contributed by atoms with Gasteiger partial charge in [0.2, 0.25) is 0 Å². The van der Waals surface area contributed by atoms with E-state index in [1.807, 2.05) is 24.3 Å². The van der Waals surface area contributed by atoms with Gasteiger partial charge < -0.3 is 9.32 Å². The van der Waals surface area contributed by atoms with Crippen molar-refractivity contribution in [3.63, 3.8) is 0 Å². The highest BCUT2D eigenvalue weighted by molar-refractivity contribution is 5.79. The van der Waals surface area contributed by atoms with E-state index in [1.165, 1.54) is 17.7 Å². The summed E-state index contributed by atoms with van der Waals surface area (Å²) in [5.41, 5.74) is 5.00. The van der Waals surface area contributed by atoms with Crippen molar-refractivity contribution in [3.05, 3.63) is 76.0 Å². The van der Waals surface area contributed by atoms with Gasteiger partial charge in [-0.25, -0.2) is 9.18 Å². The number of rotatable bonds is 9. The highest BCUT2D eigenvalue weighted by Gasteiger charge is 2.17. The quantitative estimate of drug-likeness (QED) is 0.422. The summed E-state index contributed by atoms with van der Waals surface area (Å²) in [5.74, 6) is -0.452. The summed E-state index contributed by atoms with van der Waals surface area (Å²) >= 11 is 0. The van der Waals surface area contributed by atoms with Crippen LogP contribution in [-0.4, -0.2) is 47.1 Å². The van der Waals surface area contributed by atoms with Gasteiger partial charge in [-0.05, 0) is 73.7 Å². The molecule has 1 aromatic heterocycles. The summed E-state index contributed by atoms with van der Waals surface area (Å²) in [7, 11) is 0. The van der Waals surface area contributed by atoms with E-state index in [0.29, 0.717) is 12.1 Å². The average molecular weight is 452 g/mol. The van der Waals surface area contributed by atoms with Crippen molar-refractivity contribution in [2.45, 2.75) is 46.2 Å². The molecule has 1 fully saturated rings. The molecule has 176 valence electrons. The topological polar surface area (TPSA) is 41.6 Å². The molecule has 2 aromatic carbocycles. The third kappa shape index (κ3) is 6.01. The zero-order valence-corrected chi connectivity index (χ0v) is 19.7. The van der Waals surface area contributed by atoms with E-state index in [-0.39, 0.29) is 11.6 Å². The van der Waals surface area contributed by atoms with E-state index in [2.05, 4.69) is 35.8 Å². The molecule has 6 heteroatoms. The first kappa shape index (κ1) is 23.5. The first-order valence-electron chi connectivity index (χ1n) is 12.0. The number of aromatic nitrogens is 1. The molecule has 0 N–H and O–H groups in total. The Labute approximate surface area is 195 Å². The third-order valence-electron chi connectivity index (χ3n) is 6.52. The summed E-state index contributed by atoms with van der Waals surface area (Å²) < 4.78 is 20.4. The molecule has 0 atom stereocenters. The lowest BCUT2D eigenvalue weighted by Gasteiger charge is -2.34. The van der Waals surface area contributed by atoms with Gasteiger partial charge in [-0.1, -0.05) is 31.2 Å². The molecule has 0 bridgehead atoms. The monoisotopic (exact) mass is 451 g/mol. The van der Waals surface area contributed by atoms with Gasteiger partial charge in [0.15, 0.2) is 5.58 Å². The van der Waals surface area contributed by atoms with Crippen LogP contribution in [0, 0.1) is 5.82 Å². The molecule has 3 aromatic rings. The third-order valence-corrected chi connectivity index (χ3v) is 6.52. The Balaban J connectivity index is 1.23. The summed E-state index contributed by atoms with van der Waals surface area (Å²) in [6.45, 7) is 10.9. The van der Waals surface area contributed by atoms with Crippen molar-refractivity contribution in [2.75, 3.05) is 32.7 Å². The first-order chi connectivity index (χ1) is 16.0. The molecule has 0 unspecified atom stereocenters. The molecule has 5 nitrogen and oxygen atoms in total. The minimum atomic E-state index is -0.270. The van der Waals surface area contributed by atoms with Crippen molar-refractivity contribution >= 4 is 16.7 Å². The van der Waals surface area contributed by atoms with E-state index >= 15 is 0 Å². The van der Waals surface area contributed by atoms with Gasteiger partial charge in [0, 0.05) is 39.3 Å². The molecular weight excluding hydrogens is 417 g/mol. The van der Waals surface area contributed by atoms with Crippen LogP contribution < -0.4 is 5.76 Å². The Morgan fingerprint density at radius 3 is 2.42 bits per heavy atom. The van der Waals surface area contributed by atoms with Crippen LogP contribution in [0.3, 0.4) is 0 Å². The van der Waals surface area contributed by atoms with Gasteiger partial charge in [-0.15, -0.1) is 0 Å². The van der Waals surface area contributed by atoms with E-state index in [9.17, 15) is 9.18 Å². The second kappa shape index (κ2) is 10.9. The number of aryl methyl sites for hydroxylation is 1. The van der Waals surface area contributed by atoms with Crippen LogP contribution in [0.15, 0.2) is 57.8 Å². The molecule has 0 saturated carbocycles. The first-order valence-corrected chi connectivity index (χ1v) is 12.0. The number of fused-ring (bicyclic) bond motifs is 1. The number of hydrogen-bond acceptors (Lipinski definition) is 4. The summed E-state index contributed by atoms with van der Waals surface area (Å²) in [5, 5.41) is 0. The van der Waals surface area contributed by atoms with Crippen LogP contribution in [0.4, 0.5) is 4.39 Å². The molecule has 1 aliphatic rings. The van der Waals surface area contributed by atoms with Crippen LogP contribution in [-0.2, 0) is 13.1 Å². The molecule has 0 radical (unpaired) electrons. The zero-order chi connectivity index (χ0) is 23.2. The number of unbranched alkanes of at least 4 members (excludes halogenated alkanes) is 1. The minimum absolute atomic E-state index is 0.182. The average Bonchev–Trinajstić information content (AvgIpc) is 3.13. The fourth-order valence-electron chi connectivity index (χ4n) is 4.57. The van der Waals surface area contributed by atoms with Crippen LogP contribution in [0.2, 0.25) is 0 Å². The maximum atomic E-state index is 13.1. The maximum Gasteiger partial charge on any atom is 0.419 e. The number of oxazole rings is 1. The van der Waals surface area contributed by atoms with Crippen molar-refractivity contribution in [3.8, 4) is 0 Å². The van der Waals surface area contributed by atoms with Gasteiger partial charge in [-0.2, -0.15) is 0 Å². The molecule has 0 spiro atoms. The number of hydrogen-bond donors (Lipinski definition) is 0. The van der Waals surface area contributed by atoms with E-state index in [4.69, 9.17) is 4.42 Å². The Kier molecular flexibility index (Phi) is 7.78. The van der Waals surface area contributed by atoms with Crippen molar-refractivity contribution in [1.29, 1.82) is 0 Å². The number of allylic oxidation sites excluding steroid dienone is 2. The highest BCUT2D eigenvalue weighted by atomic mass is 19.1. The molecular formula is C27H34FN3O2. The van der Waals surface area contributed by atoms with Gasteiger partial charge >= 0.3 is 5.76 Å². The smallest absolute Gasteiger partial charge is 0.408 e. The van der Waals surface area contributed by atoms with Crippen LogP contribution >= 0.6 is 0 Å². The fraction of sp³-hybridized carbons (Fsp3) is 0.444. The molecule has 2 heterocycles. The molecule has 4 rings (SSSR count). The van der Waals surface area contributed by atoms with Gasteiger partial charge in [0.1, 0.15) is 5.82 Å². The van der Waals surface area contributed by atoms with Crippen LogP contribution in [0.1, 0.15) is 44.2 Å². The lowest BCUT2D eigenvalue weighted by atomic mass is 10.1. The molecule has 1 saturated heterocycles. The summed E-state index contributed by atoms with van der Waals surface area (Å²) in [6, 6.07) is 12.8. The second-order valence-corrected chi connectivity index (χ2v) is 8.95. The van der Waals surface area contributed by atoms with Crippen molar-refractivity contribution in [2.24, 2.45) is 0 Å².